The van der Waals surface area contributed by atoms with Gasteiger partial charge in [-0.2, -0.15) is 13.2 Å². The van der Waals surface area contributed by atoms with E-state index in [1.807, 2.05) is 6.92 Å². The van der Waals surface area contributed by atoms with Gasteiger partial charge in [0.25, 0.3) is 0 Å². The van der Waals surface area contributed by atoms with Crippen LogP contribution in [0.2, 0.25) is 0 Å². The summed E-state index contributed by atoms with van der Waals surface area (Å²) in [5, 5.41) is 0. The number of rotatable bonds is 2. The summed E-state index contributed by atoms with van der Waals surface area (Å²) in [6.45, 7) is 1.81. The first-order valence-corrected chi connectivity index (χ1v) is 6.47. The molecule has 0 saturated carbocycles. The maximum atomic E-state index is 12.6. The second-order valence-corrected chi connectivity index (χ2v) is 5.12. The Morgan fingerprint density at radius 1 is 1.05 bits per heavy atom. The predicted molar refractivity (Wildman–Crippen MR) is 74.8 cm³/mol. The molecule has 106 valence electrons. The Labute approximate surface area is 122 Å². The lowest BCUT2D eigenvalue weighted by Gasteiger charge is -2.13. The summed E-state index contributed by atoms with van der Waals surface area (Å²) >= 11 is 3.09. The average Bonchev–Trinajstić information content (AvgIpc) is 2.33. The lowest BCUT2D eigenvalue weighted by Crippen LogP contribution is -2.04. The summed E-state index contributed by atoms with van der Waals surface area (Å²) in [5.74, 6) is 0.852. The average molecular weight is 346 g/mol. The summed E-state index contributed by atoms with van der Waals surface area (Å²) in [4.78, 5) is 0. The summed E-state index contributed by atoms with van der Waals surface area (Å²) in [6.07, 6.45) is -4.38. The summed E-state index contributed by atoms with van der Waals surface area (Å²) in [6, 6.07) is 8.32. The van der Waals surface area contributed by atoms with Crippen molar-refractivity contribution in [2.75, 3.05) is 5.73 Å². The molecule has 0 amide bonds. The SMILES string of the molecule is Cc1cc(N)ccc1Oc1ccc(C(F)(F)F)cc1Br. The van der Waals surface area contributed by atoms with Gasteiger partial charge in [-0.1, -0.05) is 0 Å². The molecule has 0 saturated heterocycles. The van der Waals surface area contributed by atoms with Crippen molar-refractivity contribution in [2.45, 2.75) is 13.1 Å². The molecule has 0 aliphatic carbocycles. The van der Waals surface area contributed by atoms with Crippen molar-refractivity contribution in [3.8, 4) is 11.5 Å². The minimum absolute atomic E-state index is 0.239. The van der Waals surface area contributed by atoms with Crippen molar-refractivity contribution in [1.29, 1.82) is 0 Å². The van der Waals surface area contributed by atoms with E-state index in [9.17, 15) is 13.2 Å². The normalized spacial score (nSPS) is 11.4. The number of nitrogens with two attached hydrogens (primary N) is 1. The van der Waals surface area contributed by atoms with Gasteiger partial charge in [0.15, 0.2) is 0 Å². The van der Waals surface area contributed by atoms with Crippen LogP contribution in [-0.2, 0) is 6.18 Å². The van der Waals surface area contributed by atoms with E-state index in [1.165, 1.54) is 6.07 Å². The molecule has 2 aromatic carbocycles. The molecule has 0 aliphatic rings. The molecular formula is C14H11BrF3NO. The van der Waals surface area contributed by atoms with Gasteiger partial charge in [-0.15, -0.1) is 0 Å². The Bertz CT molecular complexity index is 641. The predicted octanol–water partition coefficient (Wildman–Crippen LogP) is 5.15. The number of hydrogen-bond donors (Lipinski definition) is 1. The topological polar surface area (TPSA) is 35.2 Å². The number of halogens is 4. The Hall–Kier alpha value is -1.69. The van der Waals surface area contributed by atoms with Crippen LogP contribution < -0.4 is 10.5 Å². The molecule has 0 radical (unpaired) electrons. The molecule has 2 nitrogen and oxygen atoms in total. The van der Waals surface area contributed by atoms with E-state index in [4.69, 9.17) is 10.5 Å². The van der Waals surface area contributed by atoms with E-state index in [2.05, 4.69) is 15.9 Å². The minimum Gasteiger partial charge on any atom is -0.456 e. The molecule has 0 aromatic heterocycles. The lowest BCUT2D eigenvalue weighted by molar-refractivity contribution is -0.137. The quantitative estimate of drug-likeness (QED) is 0.763. The van der Waals surface area contributed by atoms with E-state index < -0.39 is 11.7 Å². The number of ether oxygens (including phenoxy) is 1. The second kappa shape index (κ2) is 5.36. The molecule has 0 bridgehead atoms. The molecule has 20 heavy (non-hydrogen) atoms. The number of alkyl halides is 3. The van der Waals surface area contributed by atoms with Crippen LogP contribution in [0.5, 0.6) is 11.5 Å². The molecule has 0 aliphatic heterocycles. The first-order valence-electron chi connectivity index (χ1n) is 5.68. The zero-order valence-corrected chi connectivity index (χ0v) is 12.0. The smallest absolute Gasteiger partial charge is 0.416 e. The van der Waals surface area contributed by atoms with Crippen molar-refractivity contribution >= 4 is 21.6 Å². The number of nitrogen functional groups attached to an aromatic ring is 1. The Balaban J connectivity index is 2.30. The summed E-state index contributed by atoms with van der Waals surface area (Å²) in [5.41, 5.74) is 6.30. The lowest BCUT2D eigenvalue weighted by atomic mass is 10.2. The molecule has 6 heteroatoms. The fraction of sp³-hybridized carbons (Fsp3) is 0.143. The van der Waals surface area contributed by atoms with E-state index in [0.717, 1.165) is 17.7 Å². The first kappa shape index (κ1) is 14.7. The second-order valence-electron chi connectivity index (χ2n) is 4.27. The Morgan fingerprint density at radius 3 is 2.25 bits per heavy atom. The van der Waals surface area contributed by atoms with Gasteiger partial charge in [-0.25, -0.2) is 0 Å². The van der Waals surface area contributed by atoms with Crippen LogP contribution in [0.25, 0.3) is 0 Å². The largest absolute Gasteiger partial charge is 0.456 e. The van der Waals surface area contributed by atoms with Crippen molar-refractivity contribution in [3.63, 3.8) is 0 Å². The van der Waals surface area contributed by atoms with Crippen molar-refractivity contribution in [3.05, 3.63) is 52.0 Å². The van der Waals surface area contributed by atoms with Crippen LogP contribution in [0.1, 0.15) is 11.1 Å². The van der Waals surface area contributed by atoms with E-state index in [-0.39, 0.29) is 4.47 Å². The van der Waals surface area contributed by atoms with Crippen LogP contribution in [0.3, 0.4) is 0 Å². The third kappa shape index (κ3) is 3.25. The van der Waals surface area contributed by atoms with Gasteiger partial charge >= 0.3 is 6.18 Å². The molecule has 0 atom stereocenters. The number of anilines is 1. The highest BCUT2D eigenvalue weighted by atomic mass is 79.9. The maximum Gasteiger partial charge on any atom is 0.416 e. The molecular weight excluding hydrogens is 335 g/mol. The minimum atomic E-state index is -4.38. The van der Waals surface area contributed by atoms with Gasteiger partial charge in [0.05, 0.1) is 10.0 Å². The molecule has 0 heterocycles. The molecule has 2 N–H and O–H groups in total. The zero-order chi connectivity index (χ0) is 14.9. The van der Waals surface area contributed by atoms with Gasteiger partial charge in [-0.3, -0.25) is 0 Å². The van der Waals surface area contributed by atoms with Crippen molar-refractivity contribution < 1.29 is 17.9 Å². The zero-order valence-electron chi connectivity index (χ0n) is 10.5. The van der Waals surface area contributed by atoms with Crippen molar-refractivity contribution in [1.82, 2.24) is 0 Å². The van der Waals surface area contributed by atoms with E-state index >= 15 is 0 Å². The van der Waals surface area contributed by atoms with Gasteiger partial charge < -0.3 is 10.5 Å². The molecule has 0 spiro atoms. The highest BCUT2D eigenvalue weighted by molar-refractivity contribution is 9.10. The van der Waals surface area contributed by atoms with Gasteiger partial charge in [-0.05, 0) is 64.8 Å². The van der Waals surface area contributed by atoms with Gasteiger partial charge in [0.2, 0.25) is 0 Å². The fourth-order valence-corrected chi connectivity index (χ4v) is 2.13. The standard InChI is InChI=1S/C14H11BrF3NO/c1-8-6-10(19)3-5-12(8)20-13-4-2-9(7-11(13)15)14(16,17)18/h2-7H,19H2,1H3. The van der Waals surface area contributed by atoms with Crippen molar-refractivity contribution in [2.24, 2.45) is 0 Å². The number of aryl methyl sites for hydroxylation is 1. The first-order chi connectivity index (χ1) is 9.27. The van der Waals surface area contributed by atoms with Crippen LogP contribution in [-0.4, -0.2) is 0 Å². The van der Waals surface area contributed by atoms with Gasteiger partial charge in [0, 0.05) is 5.69 Å². The van der Waals surface area contributed by atoms with Crippen LogP contribution in [0.15, 0.2) is 40.9 Å². The van der Waals surface area contributed by atoms with E-state index in [1.54, 1.807) is 18.2 Å². The van der Waals surface area contributed by atoms with Crippen LogP contribution in [0, 0.1) is 6.92 Å². The van der Waals surface area contributed by atoms with E-state index in [0.29, 0.717) is 17.2 Å². The number of benzene rings is 2. The Morgan fingerprint density at radius 2 is 1.70 bits per heavy atom. The summed E-state index contributed by atoms with van der Waals surface area (Å²) in [7, 11) is 0. The summed E-state index contributed by atoms with van der Waals surface area (Å²) < 4.78 is 43.5. The fourth-order valence-electron chi connectivity index (χ4n) is 1.67. The monoisotopic (exact) mass is 345 g/mol. The van der Waals surface area contributed by atoms with Crippen LogP contribution in [0.4, 0.5) is 18.9 Å². The van der Waals surface area contributed by atoms with Crippen LogP contribution >= 0.6 is 15.9 Å². The molecule has 2 rings (SSSR count). The van der Waals surface area contributed by atoms with Gasteiger partial charge in [0.1, 0.15) is 11.5 Å². The molecule has 2 aromatic rings. The Kier molecular flexibility index (Phi) is 3.94. The highest BCUT2D eigenvalue weighted by Gasteiger charge is 2.31. The highest BCUT2D eigenvalue weighted by Crippen LogP contribution is 2.37. The third-order valence-electron chi connectivity index (χ3n) is 2.68. The number of hydrogen-bond acceptors (Lipinski definition) is 2. The molecule has 0 fully saturated rings. The maximum absolute atomic E-state index is 12.6. The third-order valence-corrected chi connectivity index (χ3v) is 3.30. The molecule has 0 unspecified atom stereocenters.